The second-order valence-corrected chi connectivity index (χ2v) is 2.01. The Balaban J connectivity index is 0. The molecule has 1 nitrogen and oxygen atoms in total. The van der Waals surface area contributed by atoms with E-state index in [1.165, 1.54) is 25.9 Å². The van der Waals surface area contributed by atoms with Crippen molar-refractivity contribution in [3.05, 3.63) is 0 Å². The number of hydrogen-bond donors (Lipinski definition) is 0. The minimum absolute atomic E-state index is 0. The Hall–Kier alpha value is 1.09. The van der Waals surface area contributed by atoms with Crippen LogP contribution in [-0.4, -0.2) is 61.3 Å². The molecule has 0 atom stereocenters. The number of rotatable bonds is 0. The van der Waals surface area contributed by atoms with Gasteiger partial charge in [-0.15, -0.1) is 0 Å². The molecule has 1 heterocycles. The van der Waals surface area contributed by atoms with E-state index in [0.29, 0.717) is 0 Å². The Bertz CT molecular complexity index is 45.7. The van der Waals surface area contributed by atoms with Gasteiger partial charge in [0, 0.05) is 0 Å². The molecular formula is C5H15AlLiN. The molecule has 0 bridgehead atoms. The van der Waals surface area contributed by atoms with Crippen molar-refractivity contribution in [1.82, 2.24) is 4.90 Å². The number of likely N-dealkylation sites (tertiary alicyclic amines) is 1. The quantitative estimate of drug-likeness (QED) is 0.369. The van der Waals surface area contributed by atoms with Gasteiger partial charge in [0.15, 0.2) is 17.4 Å². The summed E-state index contributed by atoms with van der Waals surface area (Å²) in [4.78, 5) is 2.36. The summed E-state index contributed by atoms with van der Waals surface area (Å²) in [5.41, 5.74) is 0. The first-order valence-corrected chi connectivity index (χ1v) is 2.58. The van der Waals surface area contributed by atoms with E-state index in [1.54, 1.807) is 0 Å². The monoisotopic (exact) mass is 123 g/mol. The molecule has 3 heteroatoms. The second kappa shape index (κ2) is 6.21. The third-order valence-corrected chi connectivity index (χ3v) is 1.33. The van der Waals surface area contributed by atoms with Crippen LogP contribution < -0.4 is 0 Å². The fraction of sp³-hybridized carbons (Fsp3) is 1.00. The van der Waals surface area contributed by atoms with Gasteiger partial charge in [-0.2, -0.15) is 0 Å². The first kappa shape index (κ1) is 11.8. The van der Waals surface area contributed by atoms with E-state index in [1.807, 2.05) is 0 Å². The third kappa shape index (κ3) is 4.02. The van der Waals surface area contributed by atoms with E-state index in [9.17, 15) is 0 Å². The van der Waals surface area contributed by atoms with Crippen LogP contribution in [0.5, 0.6) is 0 Å². The van der Waals surface area contributed by atoms with Crippen molar-refractivity contribution in [3.8, 4) is 0 Å². The van der Waals surface area contributed by atoms with Gasteiger partial charge < -0.3 is 4.90 Å². The van der Waals surface area contributed by atoms with Crippen molar-refractivity contribution < 1.29 is 0 Å². The molecule has 1 saturated heterocycles. The molecule has 0 aromatic rings. The van der Waals surface area contributed by atoms with Gasteiger partial charge in [0.1, 0.15) is 0 Å². The van der Waals surface area contributed by atoms with Crippen LogP contribution in [0.4, 0.5) is 0 Å². The molecule has 0 aliphatic carbocycles. The Kier molecular flexibility index (Phi) is 9.19. The predicted octanol–water partition coefficient (Wildman–Crippen LogP) is -1.12. The first-order valence-electron chi connectivity index (χ1n) is 2.58. The molecule has 1 aliphatic rings. The zero-order valence-electron chi connectivity index (χ0n) is 4.28. The van der Waals surface area contributed by atoms with Gasteiger partial charge in [-0.3, -0.25) is 0 Å². The fourth-order valence-corrected chi connectivity index (χ4v) is 0.875. The summed E-state index contributed by atoms with van der Waals surface area (Å²) in [7, 11) is 2.17. The molecule has 1 fully saturated rings. The summed E-state index contributed by atoms with van der Waals surface area (Å²) in [5, 5.41) is 0. The molecule has 0 spiro atoms. The predicted molar refractivity (Wildman–Crippen MR) is 43.8 cm³/mol. The summed E-state index contributed by atoms with van der Waals surface area (Å²) in [6, 6.07) is 0. The van der Waals surface area contributed by atoms with Crippen LogP contribution in [-0.2, 0) is 0 Å². The molecule has 8 heavy (non-hydrogen) atoms. The van der Waals surface area contributed by atoms with Gasteiger partial charge in [-0.25, -0.2) is 0 Å². The molecule has 44 valence electrons. The van der Waals surface area contributed by atoms with Gasteiger partial charge in [-0.1, -0.05) is 0 Å². The molecule has 0 N–H and O–H groups in total. The molecule has 0 radical (unpaired) electrons. The van der Waals surface area contributed by atoms with Crippen molar-refractivity contribution in [3.63, 3.8) is 0 Å². The molecule has 0 saturated carbocycles. The second-order valence-electron chi connectivity index (χ2n) is 2.01. The van der Waals surface area contributed by atoms with Crippen LogP contribution in [0.15, 0.2) is 0 Å². The molecule has 0 amide bonds. The molecule has 0 aromatic carbocycles. The van der Waals surface area contributed by atoms with Gasteiger partial charge in [-0.05, 0) is 33.0 Å². The van der Waals surface area contributed by atoms with Crippen molar-refractivity contribution in [2.75, 3.05) is 20.1 Å². The van der Waals surface area contributed by atoms with E-state index in [2.05, 4.69) is 11.9 Å². The number of hydrogen-bond acceptors (Lipinski definition) is 1. The SMILES string of the molecule is CN1CCCC1.[AlH3].[LiH]. The molecule has 0 unspecified atom stereocenters. The van der Waals surface area contributed by atoms with Crippen LogP contribution in [0, 0.1) is 0 Å². The van der Waals surface area contributed by atoms with E-state index in [4.69, 9.17) is 0 Å². The van der Waals surface area contributed by atoms with Crippen molar-refractivity contribution >= 4 is 36.2 Å². The minimum atomic E-state index is 0. The van der Waals surface area contributed by atoms with Gasteiger partial charge in [0.25, 0.3) is 0 Å². The Morgan fingerprint density at radius 2 is 1.50 bits per heavy atom. The Morgan fingerprint density at radius 1 is 1.12 bits per heavy atom. The fourth-order valence-electron chi connectivity index (χ4n) is 0.875. The van der Waals surface area contributed by atoms with Gasteiger partial charge in [0.05, 0.1) is 0 Å². The van der Waals surface area contributed by atoms with Crippen molar-refractivity contribution in [1.29, 1.82) is 0 Å². The van der Waals surface area contributed by atoms with Crippen LogP contribution in [0.1, 0.15) is 12.8 Å². The zero-order valence-corrected chi connectivity index (χ0v) is 4.28. The summed E-state index contributed by atoms with van der Waals surface area (Å²) in [6.45, 7) is 2.64. The van der Waals surface area contributed by atoms with E-state index in [0.717, 1.165) is 0 Å². The van der Waals surface area contributed by atoms with E-state index >= 15 is 0 Å². The summed E-state index contributed by atoms with van der Waals surface area (Å²) < 4.78 is 0. The average molecular weight is 123 g/mol. The maximum atomic E-state index is 2.36. The Labute approximate surface area is 74.1 Å². The topological polar surface area (TPSA) is 3.24 Å². The molecular weight excluding hydrogens is 108 g/mol. The summed E-state index contributed by atoms with van der Waals surface area (Å²) >= 11 is 0. The summed E-state index contributed by atoms with van der Waals surface area (Å²) in [5.74, 6) is 0. The van der Waals surface area contributed by atoms with Gasteiger partial charge in [0.2, 0.25) is 0 Å². The van der Waals surface area contributed by atoms with E-state index in [-0.39, 0.29) is 36.2 Å². The van der Waals surface area contributed by atoms with Gasteiger partial charge >= 0.3 is 18.9 Å². The number of nitrogens with zero attached hydrogens (tertiary/aromatic N) is 1. The maximum absolute atomic E-state index is 2.36. The average Bonchev–Trinajstić information content (AvgIpc) is 1.86. The van der Waals surface area contributed by atoms with Crippen molar-refractivity contribution in [2.45, 2.75) is 12.8 Å². The van der Waals surface area contributed by atoms with Crippen LogP contribution >= 0.6 is 0 Å². The standard InChI is InChI=1S/C5H11N.Al.Li.4H/c1-6-4-2-3-5-6;;;;;;/h2-5H2,1H3;;;;;;. The van der Waals surface area contributed by atoms with Crippen LogP contribution in [0.25, 0.3) is 0 Å². The first-order chi connectivity index (χ1) is 2.89. The summed E-state index contributed by atoms with van der Waals surface area (Å²) in [6.07, 6.45) is 2.83. The normalized spacial score (nSPS) is 19.1. The zero-order chi connectivity index (χ0) is 4.41. The molecule has 0 aromatic heterocycles. The molecule has 1 aliphatic heterocycles. The van der Waals surface area contributed by atoms with Crippen LogP contribution in [0.3, 0.4) is 0 Å². The molecule has 1 rings (SSSR count). The van der Waals surface area contributed by atoms with Crippen molar-refractivity contribution in [2.24, 2.45) is 0 Å². The Morgan fingerprint density at radius 3 is 1.62 bits per heavy atom. The van der Waals surface area contributed by atoms with E-state index < -0.39 is 0 Å². The van der Waals surface area contributed by atoms with Crippen LogP contribution in [0.2, 0.25) is 0 Å². The third-order valence-electron chi connectivity index (χ3n) is 1.33.